The summed E-state index contributed by atoms with van der Waals surface area (Å²) in [5, 5.41) is 0.635. The van der Waals surface area contributed by atoms with Crippen LogP contribution in [0.1, 0.15) is 31.2 Å². The zero-order chi connectivity index (χ0) is 30.9. The lowest BCUT2D eigenvalue weighted by molar-refractivity contribution is 0.203. The highest BCUT2D eigenvalue weighted by atomic mass is 32.1. The number of ether oxygens (including phenoxy) is 3. The summed E-state index contributed by atoms with van der Waals surface area (Å²) in [6, 6.07) is 12.9. The summed E-state index contributed by atoms with van der Waals surface area (Å²) in [6.07, 6.45) is 7.60. The molecule has 1 aliphatic heterocycles. The summed E-state index contributed by atoms with van der Waals surface area (Å²) in [5.74, 6) is -1.06. The highest BCUT2D eigenvalue weighted by molar-refractivity contribution is 7.80. The van der Waals surface area contributed by atoms with Gasteiger partial charge in [0.15, 0.2) is 34.7 Å². The molecule has 0 unspecified atom stereocenters. The molecule has 3 aromatic carbocycles. The molecule has 2 heterocycles. The van der Waals surface area contributed by atoms with Gasteiger partial charge >= 0.3 is 0 Å². The maximum Gasteiger partial charge on any atom is 0.211 e. The van der Waals surface area contributed by atoms with E-state index in [1.165, 1.54) is 43.7 Å². The molecule has 0 spiro atoms. The van der Waals surface area contributed by atoms with Gasteiger partial charge in [-0.3, -0.25) is 15.8 Å². The number of piperidine rings is 1. The van der Waals surface area contributed by atoms with Gasteiger partial charge in [0.2, 0.25) is 5.11 Å². The first-order valence-electron chi connectivity index (χ1n) is 14.2. The van der Waals surface area contributed by atoms with E-state index in [0.717, 1.165) is 38.2 Å². The largest absolute Gasteiger partial charge is 0.493 e. The number of hydrazine groups is 1. The maximum absolute atomic E-state index is 15.0. The third kappa shape index (κ3) is 8.14. The number of rotatable bonds is 11. The molecule has 0 radical (unpaired) electrons. The van der Waals surface area contributed by atoms with Gasteiger partial charge in [0.1, 0.15) is 5.75 Å². The van der Waals surface area contributed by atoms with Crippen LogP contribution in [0.4, 0.5) is 18.9 Å². The van der Waals surface area contributed by atoms with Crippen LogP contribution in [-0.4, -0.2) is 54.6 Å². The summed E-state index contributed by atoms with van der Waals surface area (Å²) in [4.78, 5) is 10.9. The number of benzene rings is 3. The van der Waals surface area contributed by atoms with E-state index >= 15 is 4.39 Å². The van der Waals surface area contributed by atoms with Crippen molar-refractivity contribution in [1.82, 2.24) is 15.3 Å². The Labute approximate surface area is 258 Å². The van der Waals surface area contributed by atoms with E-state index in [2.05, 4.69) is 25.7 Å². The van der Waals surface area contributed by atoms with E-state index in [-0.39, 0.29) is 10.9 Å². The topological polar surface area (TPSA) is 80.2 Å². The first-order valence-corrected chi connectivity index (χ1v) is 14.6. The van der Waals surface area contributed by atoms with E-state index in [4.69, 9.17) is 26.4 Å². The zero-order valence-corrected chi connectivity index (χ0v) is 24.9. The summed E-state index contributed by atoms with van der Waals surface area (Å²) in [7, 11) is 1.57. The van der Waals surface area contributed by atoms with Gasteiger partial charge in [0.05, 0.1) is 24.9 Å². The molecule has 1 aromatic heterocycles. The van der Waals surface area contributed by atoms with Gasteiger partial charge in [0.25, 0.3) is 0 Å². The van der Waals surface area contributed by atoms with Crippen molar-refractivity contribution >= 4 is 40.1 Å². The van der Waals surface area contributed by atoms with Crippen molar-refractivity contribution in [3.8, 4) is 23.0 Å². The lowest BCUT2D eigenvalue weighted by Gasteiger charge is -2.26. The Balaban J connectivity index is 1.20. The van der Waals surface area contributed by atoms with Gasteiger partial charge < -0.3 is 19.1 Å². The maximum atomic E-state index is 15.0. The fraction of sp³-hybridized carbons (Fsp3) is 0.281. The SMILES string of the molecule is COc1cc2c(Oc3ccc(NNC(=S)N=Cc4ccc(F)c(F)c4)cc3F)ccnc2cc1OCCCN1CCCCC1. The molecule has 5 rings (SSSR count). The van der Waals surface area contributed by atoms with Crippen molar-refractivity contribution in [3.05, 3.63) is 83.8 Å². The molecule has 1 saturated heterocycles. The molecule has 12 heteroatoms. The number of pyridine rings is 1. The van der Waals surface area contributed by atoms with Gasteiger partial charge in [-0.2, -0.15) is 0 Å². The molecule has 44 heavy (non-hydrogen) atoms. The second kappa shape index (κ2) is 14.8. The monoisotopic (exact) mass is 623 g/mol. The number of anilines is 1. The van der Waals surface area contributed by atoms with E-state index in [1.54, 1.807) is 37.6 Å². The fourth-order valence-electron chi connectivity index (χ4n) is 4.81. The molecule has 2 N–H and O–H groups in total. The van der Waals surface area contributed by atoms with E-state index in [1.807, 2.05) is 0 Å². The van der Waals surface area contributed by atoms with Crippen molar-refractivity contribution in [2.75, 3.05) is 38.8 Å². The quantitative estimate of drug-likeness (QED) is 0.0798. The van der Waals surface area contributed by atoms with Gasteiger partial charge in [-0.15, -0.1) is 0 Å². The summed E-state index contributed by atoms with van der Waals surface area (Å²) in [5.41, 5.74) is 6.68. The van der Waals surface area contributed by atoms with E-state index in [9.17, 15) is 8.78 Å². The Hall–Kier alpha value is -4.42. The third-order valence-corrected chi connectivity index (χ3v) is 7.26. The molecule has 0 aliphatic carbocycles. The van der Waals surface area contributed by atoms with Crippen LogP contribution in [0.15, 0.2) is 65.8 Å². The van der Waals surface area contributed by atoms with Crippen LogP contribution in [0.3, 0.4) is 0 Å². The van der Waals surface area contributed by atoms with Crippen LogP contribution in [0.25, 0.3) is 10.9 Å². The van der Waals surface area contributed by atoms with E-state index < -0.39 is 17.5 Å². The van der Waals surface area contributed by atoms with Crippen LogP contribution >= 0.6 is 12.2 Å². The van der Waals surface area contributed by atoms with Crippen LogP contribution in [0, 0.1) is 17.5 Å². The normalized spacial score (nSPS) is 13.6. The molecule has 0 amide bonds. The van der Waals surface area contributed by atoms with Crippen molar-refractivity contribution in [2.24, 2.45) is 4.99 Å². The highest BCUT2D eigenvalue weighted by Crippen LogP contribution is 2.38. The van der Waals surface area contributed by atoms with Crippen molar-refractivity contribution < 1.29 is 27.4 Å². The van der Waals surface area contributed by atoms with Crippen LogP contribution in [-0.2, 0) is 0 Å². The molecule has 0 bridgehead atoms. The molecule has 1 fully saturated rings. The summed E-state index contributed by atoms with van der Waals surface area (Å²) < 4.78 is 59.0. The number of hydrogen-bond acceptors (Lipinski definition) is 7. The Morgan fingerprint density at radius 1 is 0.932 bits per heavy atom. The second-order valence-corrected chi connectivity index (χ2v) is 10.6. The Morgan fingerprint density at radius 3 is 2.55 bits per heavy atom. The minimum atomic E-state index is -0.990. The molecule has 0 saturated carbocycles. The number of hydrogen-bond donors (Lipinski definition) is 2. The molecule has 1 aliphatic rings. The van der Waals surface area contributed by atoms with Gasteiger partial charge in [-0.1, -0.05) is 12.5 Å². The average Bonchev–Trinajstić information content (AvgIpc) is 3.04. The predicted octanol–water partition coefficient (Wildman–Crippen LogP) is 7.03. The zero-order valence-electron chi connectivity index (χ0n) is 24.1. The summed E-state index contributed by atoms with van der Waals surface area (Å²) in [6.45, 7) is 3.86. The molecule has 0 atom stereocenters. The van der Waals surface area contributed by atoms with Gasteiger partial charge in [-0.25, -0.2) is 18.2 Å². The summed E-state index contributed by atoms with van der Waals surface area (Å²) >= 11 is 5.10. The number of methoxy groups -OCH3 is 1. The molecular formula is C32H32F3N5O3S. The Bertz CT molecular complexity index is 1650. The first kappa shape index (κ1) is 31.0. The lowest BCUT2D eigenvalue weighted by atomic mass is 10.1. The minimum Gasteiger partial charge on any atom is -0.493 e. The number of aliphatic imine (C=N–C) groups is 1. The number of thiocarbonyl (C=S) groups is 1. The Kier molecular flexibility index (Phi) is 10.5. The van der Waals surface area contributed by atoms with Crippen molar-refractivity contribution in [3.63, 3.8) is 0 Å². The molecular weight excluding hydrogens is 591 g/mol. The number of nitrogens with zero attached hydrogens (tertiary/aromatic N) is 3. The fourth-order valence-corrected chi connectivity index (χ4v) is 4.91. The smallest absolute Gasteiger partial charge is 0.211 e. The molecule has 230 valence electrons. The second-order valence-electron chi connectivity index (χ2n) is 10.2. The van der Waals surface area contributed by atoms with Crippen LogP contribution in [0.2, 0.25) is 0 Å². The number of fused-ring (bicyclic) bond motifs is 1. The lowest BCUT2D eigenvalue weighted by Crippen LogP contribution is -2.31. The number of aromatic nitrogens is 1. The molecule has 4 aromatic rings. The van der Waals surface area contributed by atoms with Gasteiger partial charge in [-0.05, 0) is 86.5 Å². The number of likely N-dealkylation sites (tertiary alicyclic amines) is 1. The predicted molar refractivity (Wildman–Crippen MR) is 168 cm³/mol. The standard InChI is InChI=1S/C32H32F3N5O3S/c1-41-30-18-23-27(19-31(30)42-15-5-14-40-12-3-2-4-13-40)36-11-10-28(23)43-29-9-7-22(17-26(29)35)38-39-32(44)37-20-21-6-8-24(33)25(34)16-21/h6-11,16-20,38H,2-5,12-15H2,1H3,(H,39,44). The third-order valence-electron chi connectivity index (χ3n) is 7.05. The highest BCUT2D eigenvalue weighted by Gasteiger charge is 2.15. The first-order chi connectivity index (χ1) is 21.4. The Morgan fingerprint density at radius 2 is 1.77 bits per heavy atom. The minimum absolute atomic E-state index is 0.000935. The average molecular weight is 624 g/mol. The molecule has 8 nitrogen and oxygen atoms in total. The van der Waals surface area contributed by atoms with Crippen molar-refractivity contribution in [2.45, 2.75) is 25.7 Å². The number of nitrogens with one attached hydrogen (secondary N) is 2. The van der Waals surface area contributed by atoms with Crippen molar-refractivity contribution in [1.29, 1.82) is 0 Å². The van der Waals surface area contributed by atoms with Crippen LogP contribution < -0.4 is 25.1 Å². The van der Waals surface area contributed by atoms with E-state index in [0.29, 0.717) is 46.0 Å². The van der Waals surface area contributed by atoms with Gasteiger partial charge in [0, 0.05) is 36.5 Å². The number of halogens is 3. The van der Waals surface area contributed by atoms with Crippen LogP contribution in [0.5, 0.6) is 23.0 Å².